The van der Waals surface area contributed by atoms with Gasteiger partial charge in [-0.25, -0.2) is 9.48 Å². The summed E-state index contributed by atoms with van der Waals surface area (Å²) < 4.78 is 1.54. The lowest BCUT2D eigenvalue weighted by atomic mass is 9.87. The number of carbonyl (C=O) groups excluding carboxylic acids is 1. The maximum atomic E-state index is 12.9. The molecule has 0 aliphatic carbocycles. The van der Waals surface area contributed by atoms with E-state index in [1.54, 1.807) is 4.68 Å². The van der Waals surface area contributed by atoms with Crippen molar-refractivity contribution in [2.24, 2.45) is 0 Å². The van der Waals surface area contributed by atoms with Crippen molar-refractivity contribution >= 4 is 22.5 Å². The molecular weight excluding hydrogens is 414 g/mol. The van der Waals surface area contributed by atoms with Crippen LogP contribution in [0.2, 0.25) is 0 Å². The van der Waals surface area contributed by atoms with Gasteiger partial charge in [0.15, 0.2) is 0 Å². The van der Waals surface area contributed by atoms with Crippen LogP contribution in [-0.2, 0) is 18.5 Å². The van der Waals surface area contributed by atoms with Crippen molar-refractivity contribution in [3.05, 3.63) is 70.1 Å². The highest BCUT2D eigenvalue weighted by molar-refractivity contribution is 5.90. The molecule has 2 heterocycles. The lowest BCUT2D eigenvalue weighted by Gasteiger charge is -2.19. The first-order valence-electron chi connectivity index (χ1n) is 11.7. The van der Waals surface area contributed by atoms with Crippen LogP contribution in [0.5, 0.6) is 0 Å². The predicted molar refractivity (Wildman–Crippen MR) is 133 cm³/mol. The molecule has 1 aliphatic rings. The largest absolute Gasteiger partial charge is 0.332 e. The molecule has 4 rings (SSSR count). The number of hydrogen-bond donors (Lipinski definition) is 2. The summed E-state index contributed by atoms with van der Waals surface area (Å²) in [6.45, 7) is 10.2. The molecule has 0 unspecified atom stereocenters. The minimum Gasteiger partial charge on any atom is -0.332 e. The Morgan fingerprint density at radius 2 is 1.64 bits per heavy atom. The predicted octanol–water partition coefficient (Wildman–Crippen LogP) is 4.11. The number of nitrogens with zero attached hydrogens (tertiary/aromatic N) is 3. The maximum absolute atomic E-state index is 12.9. The molecule has 1 fully saturated rings. The van der Waals surface area contributed by atoms with Gasteiger partial charge in [0, 0.05) is 17.6 Å². The molecule has 7 heteroatoms. The molecule has 2 N–H and O–H groups in total. The van der Waals surface area contributed by atoms with Gasteiger partial charge in [-0.15, -0.1) is 0 Å². The van der Waals surface area contributed by atoms with E-state index in [0.29, 0.717) is 17.6 Å². The average Bonchev–Trinajstić information content (AvgIpc) is 3.31. The molecule has 1 aliphatic heterocycles. The third kappa shape index (κ3) is 5.60. The molecule has 3 aromatic rings. The number of fused-ring (bicyclic) bond motifs is 1. The highest BCUT2D eigenvalue weighted by Crippen LogP contribution is 2.23. The Balaban J connectivity index is 1.46. The second kappa shape index (κ2) is 9.75. The Morgan fingerprint density at radius 1 is 0.970 bits per heavy atom. The molecular formula is C26H33N5O2. The van der Waals surface area contributed by atoms with Crippen LogP contribution in [0.15, 0.2) is 53.3 Å². The molecule has 0 radical (unpaired) electrons. The smallest absolute Gasteiger partial charge is 0.319 e. The summed E-state index contributed by atoms with van der Waals surface area (Å²) in [6, 6.07) is 15.0. The first kappa shape index (κ1) is 23.0. The van der Waals surface area contributed by atoms with E-state index in [1.165, 1.54) is 18.4 Å². The minimum atomic E-state index is -0.306. The van der Waals surface area contributed by atoms with Crippen molar-refractivity contribution in [3.63, 3.8) is 0 Å². The van der Waals surface area contributed by atoms with Gasteiger partial charge in [0.25, 0.3) is 5.56 Å². The Morgan fingerprint density at radius 3 is 2.30 bits per heavy atom. The van der Waals surface area contributed by atoms with Gasteiger partial charge in [-0.2, -0.15) is 5.10 Å². The van der Waals surface area contributed by atoms with Gasteiger partial charge < -0.3 is 15.5 Å². The van der Waals surface area contributed by atoms with Gasteiger partial charge >= 0.3 is 6.03 Å². The summed E-state index contributed by atoms with van der Waals surface area (Å²) in [5.41, 5.74) is 2.60. The number of likely N-dealkylation sites (tertiary alicyclic amines) is 1. The number of amides is 2. The molecule has 1 saturated heterocycles. The third-order valence-corrected chi connectivity index (χ3v) is 6.20. The van der Waals surface area contributed by atoms with Crippen LogP contribution in [0.3, 0.4) is 0 Å². The van der Waals surface area contributed by atoms with Gasteiger partial charge in [-0.1, -0.05) is 51.1 Å². The van der Waals surface area contributed by atoms with Crippen LogP contribution in [0, 0.1) is 0 Å². The number of anilines is 1. The fraction of sp³-hybridized carbons (Fsp3) is 0.423. The highest BCUT2D eigenvalue weighted by Gasteiger charge is 2.16. The fourth-order valence-electron chi connectivity index (χ4n) is 4.22. The molecule has 0 atom stereocenters. The van der Waals surface area contributed by atoms with E-state index in [4.69, 9.17) is 0 Å². The lowest BCUT2D eigenvalue weighted by Crippen LogP contribution is -2.33. The van der Waals surface area contributed by atoms with Crippen LogP contribution in [0.25, 0.3) is 10.8 Å². The second-order valence-corrected chi connectivity index (χ2v) is 9.70. The monoisotopic (exact) mass is 447 g/mol. The molecule has 0 bridgehead atoms. The number of benzene rings is 2. The lowest BCUT2D eigenvalue weighted by molar-refractivity contribution is 0.251. The summed E-state index contributed by atoms with van der Waals surface area (Å²) in [5, 5.41) is 11.8. The zero-order valence-electron chi connectivity index (χ0n) is 19.7. The van der Waals surface area contributed by atoms with Crippen molar-refractivity contribution in [3.8, 4) is 0 Å². The SMILES string of the molecule is CC(C)(C)c1ccc(NC(=O)NCc2nn(CCN3CCCC3)c(=O)c3ccccc23)cc1. The number of carbonyl (C=O) groups is 1. The standard InChI is InChI=1S/C26H33N5O2/c1-26(2,3)19-10-12-20(13-11-19)28-25(33)27-18-23-21-8-4-5-9-22(21)24(32)31(29-23)17-16-30-14-6-7-15-30/h4-5,8-13H,6-7,14-18H2,1-3H3,(H2,27,28,33). The van der Waals surface area contributed by atoms with Crippen LogP contribution in [-0.4, -0.2) is 40.3 Å². The molecule has 0 saturated carbocycles. The van der Waals surface area contributed by atoms with E-state index < -0.39 is 0 Å². The minimum absolute atomic E-state index is 0.0609. The van der Waals surface area contributed by atoms with Gasteiger partial charge in [0.05, 0.1) is 24.2 Å². The van der Waals surface area contributed by atoms with Crippen molar-refractivity contribution in [1.82, 2.24) is 20.0 Å². The molecule has 7 nitrogen and oxygen atoms in total. The maximum Gasteiger partial charge on any atom is 0.319 e. The zero-order chi connectivity index (χ0) is 23.4. The molecule has 0 spiro atoms. The first-order chi connectivity index (χ1) is 15.8. The van der Waals surface area contributed by atoms with Crippen molar-refractivity contribution in [2.45, 2.75) is 52.1 Å². The van der Waals surface area contributed by atoms with Crippen LogP contribution < -0.4 is 16.2 Å². The Bertz CT molecular complexity index is 1170. The van der Waals surface area contributed by atoms with Gasteiger partial charge in [-0.05, 0) is 55.1 Å². The Hall–Kier alpha value is -3.19. The summed E-state index contributed by atoms with van der Waals surface area (Å²) in [5.74, 6) is 0. The third-order valence-electron chi connectivity index (χ3n) is 6.20. The van der Waals surface area contributed by atoms with Gasteiger partial charge in [0.2, 0.25) is 0 Å². The number of aromatic nitrogens is 2. The van der Waals surface area contributed by atoms with E-state index in [0.717, 1.165) is 30.7 Å². The molecule has 2 aromatic carbocycles. The normalized spacial score (nSPS) is 14.5. The summed E-state index contributed by atoms with van der Waals surface area (Å²) in [6.07, 6.45) is 2.42. The van der Waals surface area contributed by atoms with Crippen molar-refractivity contribution in [1.29, 1.82) is 0 Å². The zero-order valence-corrected chi connectivity index (χ0v) is 19.7. The summed E-state index contributed by atoms with van der Waals surface area (Å²) >= 11 is 0. The van der Waals surface area contributed by atoms with Gasteiger partial charge in [0.1, 0.15) is 0 Å². The number of nitrogens with one attached hydrogen (secondary N) is 2. The molecule has 33 heavy (non-hydrogen) atoms. The molecule has 1 aromatic heterocycles. The van der Waals surface area contributed by atoms with Crippen LogP contribution in [0.1, 0.15) is 44.9 Å². The van der Waals surface area contributed by atoms with E-state index in [9.17, 15) is 9.59 Å². The Labute approximate surface area is 194 Å². The van der Waals surface area contributed by atoms with E-state index >= 15 is 0 Å². The van der Waals surface area contributed by atoms with Gasteiger partial charge in [-0.3, -0.25) is 4.79 Å². The second-order valence-electron chi connectivity index (χ2n) is 9.70. The topological polar surface area (TPSA) is 79.3 Å². The van der Waals surface area contributed by atoms with E-state index in [-0.39, 0.29) is 23.6 Å². The number of urea groups is 1. The number of hydrogen-bond acceptors (Lipinski definition) is 4. The van der Waals surface area contributed by atoms with E-state index in [2.05, 4.69) is 41.4 Å². The number of rotatable bonds is 6. The average molecular weight is 448 g/mol. The van der Waals surface area contributed by atoms with Crippen molar-refractivity contribution < 1.29 is 4.79 Å². The first-order valence-corrected chi connectivity index (χ1v) is 11.7. The van der Waals surface area contributed by atoms with E-state index in [1.807, 2.05) is 48.5 Å². The summed E-state index contributed by atoms with van der Waals surface area (Å²) in [7, 11) is 0. The quantitative estimate of drug-likeness (QED) is 0.596. The van der Waals surface area contributed by atoms with Crippen molar-refractivity contribution in [2.75, 3.05) is 25.0 Å². The highest BCUT2D eigenvalue weighted by atomic mass is 16.2. The Kier molecular flexibility index (Phi) is 6.79. The molecule has 174 valence electrons. The summed E-state index contributed by atoms with van der Waals surface area (Å²) in [4.78, 5) is 27.8. The van der Waals surface area contributed by atoms with Crippen LogP contribution in [0.4, 0.5) is 10.5 Å². The fourth-order valence-corrected chi connectivity index (χ4v) is 4.22. The van der Waals surface area contributed by atoms with Crippen LogP contribution >= 0.6 is 0 Å². The molecule has 2 amide bonds.